The highest BCUT2D eigenvalue weighted by Crippen LogP contribution is 2.31. The van der Waals surface area contributed by atoms with Gasteiger partial charge in [-0.1, -0.05) is 35.9 Å². The van der Waals surface area contributed by atoms with E-state index in [-0.39, 0.29) is 5.02 Å². The van der Waals surface area contributed by atoms with Crippen molar-refractivity contribution in [2.24, 2.45) is 0 Å². The van der Waals surface area contributed by atoms with Crippen LogP contribution in [0.15, 0.2) is 42.5 Å². The lowest BCUT2D eigenvalue weighted by Gasteiger charge is -2.18. The summed E-state index contributed by atoms with van der Waals surface area (Å²) in [6.45, 7) is 0. The molecule has 1 aliphatic carbocycles. The summed E-state index contributed by atoms with van der Waals surface area (Å²) >= 11 is 5.87. The SMILES string of the molecule is O=C(Nc1ccc(F)cc1Cl)N[C@@H]1c2ccccc2C[C@@H]1O. The number of carbonyl (C=O) groups excluding carboxylic acids is 1. The van der Waals surface area contributed by atoms with E-state index in [1.165, 1.54) is 12.1 Å². The number of rotatable bonds is 2. The Morgan fingerprint density at radius 3 is 2.82 bits per heavy atom. The maximum Gasteiger partial charge on any atom is 0.319 e. The molecule has 0 saturated heterocycles. The molecule has 2 atom stereocenters. The Morgan fingerprint density at radius 1 is 1.27 bits per heavy atom. The summed E-state index contributed by atoms with van der Waals surface area (Å²) in [6, 6.07) is 10.3. The Bertz CT molecular complexity index is 723. The lowest BCUT2D eigenvalue weighted by atomic mass is 10.1. The molecular formula is C16H14ClFN2O2. The van der Waals surface area contributed by atoms with Gasteiger partial charge in [0.1, 0.15) is 5.82 Å². The summed E-state index contributed by atoms with van der Waals surface area (Å²) in [5, 5.41) is 15.5. The quantitative estimate of drug-likeness (QED) is 0.795. The largest absolute Gasteiger partial charge is 0.390 e. The average molecular weight is 321 g/mol. The van der Waals surface area contributed by atoms with Crippen LogP contribution in [0.1, 0.15) is 17.2 Å². The van der Waals surface area contributed by atoms with E-state index in [0.717, 1.165) is 17.2 Å². The fraction of sp³-hybridized carbons (Fsp3) is 0.188. The number of fused-ring (bicyclic) bond motifs is 1. The number of aliphatic hydroxyl groups excluding tert-OH is 1. The monoisotopic (exact) mass is 320 g/mol. The van der Waals surface area contributed by atoms with Crippen molar-refractivity contribution in [1.29, 1.82) is 0 Å². The minimum atomic E-state index is -0.674. The molecule has 0 spiro atoms. The molecule has 3 N–H and O–H groups in total. The Balaban J connectivity index is 1.72. The second kappa shape index (κ2) is 5.94. The van der Waals surface area contributed by atoms with E-state index in [9.17, 15) is 14.3 Å². The predicted octanol–water partition coefficient (Wildman–Crippen LogP) is 3.26. The van der Waals surface area contributed by atoms with Crippen LogP contribution in [0.5, 0.6) is 0 Å². The maximum absolute atomic E-state index is 13.0. The third kappa shape index (κ3) is 2.91. The second-order valence-corrected chi connectivity index (χ2v) is 5.58. The van der Waals surface area contributed by atoms with E-state index in [0.29, 0.717) is 12.1 Å². The number of hydrogen-bond acceptors (Lipinski definition) is 2. The number of nitrogens with one attached hydrogen (secondary N) is 2. The lowest BCUT2D eigenvalue weighted by molar-refractivity contribution is 0.144. The zero-order valence-electron chi connectivity index (χ0n) is 11.5. The smallest absolute Gasteiger partial charge is 0.319 e. The van der Waals surface area contributed by atoms with Gasteiger partial charge in [-0.2, -0.15) is 0 Å². The maximum atomic E-state index is 13.0. The van der Waals surface area contributed by atoms with Crippen LogP contribution in [-0.2, 0) is 6.42 Å². The Labute approximate surface area is 131 Å². The third-order valence-electron chi connectivity index (χ3n) is 3.67. The third-order valence-corrected chi connectivity index (χ3v) is 3.98. The molecule has 3 rings (SSSR count). The predicted molar refractivity (Wildman–Crippen MR) is 82.5 cm³/mol. The van der Waals surface area contributed by atoms with Gasteiger partial charge in [-0.3, -0.25) is 0 Å². The molecule has 0 aromatic heterocycles. The molecular weight excluding hydrogens is 307 g/mol. The Kier molecular flexibility index (Phi) is 4.00. The first-order chi connectivity index (χ1) is 10.5. The van der Waals surface area contributed by atoms with Crippen molar-refractivity contribution in [3.63, 3.8) is 0 Å². The molecule has 0 unspecified atom stereocenters. The molecule has 22 heavy (non-hydrogen) atoms. The number of benzene rings is 2. The molecule has 0 fully saturated rings. The van der Waals surface area contributed by atoms with E-state index in [2.05, 4.69) is 10.6 Å². The minimum absolute atomic E-state index is 0.113. The van der Waals surface area contributed by atoms with E-state index >= 15 is 0 Å². The molecule has 0 radical (unpaired) electrons. The first-order valence-corrected chi connectivity index (χ1v) is 7.21. The molecule has 6 heteroatoms. The van der Waals surface area contributed by atoms with Gasteiger partial charge < -0.3 is 15.7 Å². The molecule has 2 amide bonds. The Morgan fingerprint density at radius 2 is 2.05 bits per heavy atom. The van der Waals surface area contributed by atoms with E-state index in [1.54, 1.807) is 0 Å². The number of anilines is 1. The molecule has 2 aromatic rings. The van der Waals surface area contributed by atoms with E-state index in [1.807, 2.05) is 24.3 Å². The first-order valence-electron chi connectivity index (χ1n) is 6.83. The fourth-order valence-electron chi connectivity index (χ4n) is 2.64. The second-order valence-electron chi connectivity index (χ2n) is 5.17. The molecule has 0 aliphatic heterocycles. The molecule has 2 aromatic carbocycles. The summed E-state index contributed by atoms with van der Waals surface area (Å²) in [6.07, 6.45) is -0.176. The van der Waals surface area contributed by atoms with Crippen molar-refractivity contribution in [2.45, 2.75) is 18.6 Å². The first kappa shape index (κ1) is 14.8. The molecule has 0 heterocycles. The van der Waals surface area contributed by atoms with Gasteiger partial charge in [0.2, 0.25) is 0 Å². The standard InChI is InChI=1S/C16H14ClFN2O2/c17-12-8-10(18)5-6-13(12)19-16(22)20-15-11-4-2-1-3-9(11)7-14(15)21/h1-6,8,14-15,21H,7H2,(H2,19,20,22)/t14-,15+/m0/s1. The van der Waals surface area contributed by atoms with Gasteiger partial charge in [0, 0.05) is 6.42 Å². The van der Waals surface area contributed by atoms with Gasteiger partial charge in [0.25, 0.3) is 0 Å². The summed E-state index contributed by atoms with van der Waals surface area (Å²) in [5.41, 5.74) is 2.22. The van der Waals surface area contributed by atoms with Crippen LogP contribution in [0.25, 0.3) is 0 Å². The number of urea groups is 1. The zero-order chi connectivity index (χ0) is 15.7. The average Bonchev–Trinajstić information content (AvgIpc) is 2.78. The van der Waals surface area contributed by atoms with Gasteiger partial charge in [-0.15, -0.1) is 0 Å². The van der Waals surface area contributed by atoms with Crippen molar-refractivity contribution in [3.05, 3.63) is 64.4 Å². The molecule has 0 saturated carbocycles. The van der Waals surface area contributed by atoms with Gasteiger partial charge in [-0.25, -0.2) is 9.18 Å². The lowest BCUT2D eigenvalue weighted by Crippen LogP contribution is -2.36. The van der Waals surface area contributed by atoms with E-state index < -0.39 is 24.0 Å². The summed E-state index contributed by atoms with van der Waals surface area (Å²) in [7, 11) is 0. The fourth-order valence-corrected chi connectivity index (χ4v) is 2.85. The summed E-state index contributed by atoms with van der Waals surface area (Å²) < 4.78 is 13.0. The van der Waals surface area contributed by atoms with Crippen LogP contribution >= 0.6 is 11.6 Å². The van der Waals surface area contributed by atoms with Gasteiger partial charge in [0.15, 0.2) is 0 Å². The number of aliphatic hydroxyl groups is 1. The Hall–Kier alpha value is -2.11. The van der Waals surface area contributed by atoms with Crippen LogP contribution in [0, 0.1) is 5.82 Å². The number of halogens is 2. The molecule has 4 nitrogen and oxygen atoms in total. The minimum Gasteiger partial charge on any atom is -0.390 e. The van der Waals surface area contributed by atoms with Gasteiger partial charge in [-0.05, 0) is 29.3 Å². The topological polar surface area (TPSA) is 61.4 Å². The molecule has 114 valence electrons. The van der Waals surface area contributed by atoms with Crippen LogP contribution in [0.4, 0.5) is 14.9 Å². The van der Waals surface area contributed by atoms with Gasteiger partial charge in [0.05, 0.1) is 22.9 Å². The van der Waals surface area contributed by atoms with Crippen LogP contribution in [0.2, 0.25) is 5.02 Å². The summed E-state index contributed by atoms with van der Waals surface area (Å²) in [5.74, 6) is -0.476. The molecule has 0 bridgehead atoms. The normalized spacial score (nSPS) is 19.6. The zero-order valence-corrected chi connectivity index (χ0v) is 12.3. The van der Waals surface area contributed by atoms with Gasteiger partial charge >= 0.3 is 6.03 Å². The van der Waals surface area contributed by atoms with Crippen LogP contribution < -0.4 is 10.6 Å². The van der Waals surface area contributed by atoms with E-state index in [4.69, 9.17) is 11.6 Å². The highest BCUT2D eigenvalue weighted by Gasteiger charge is 2.31. The number of hydrogen-bond donors (Lipinski definition) is 3. The van der Waals surface area contributed by atoms with Crippen molar-refractivity contribution >= 4 is 23.3 Å². The van der Waals surface area contributed by atoms with Crippen LogP contribution in [0.3, 0.4) is 0 Å². The van der Waals surface area contributed by atoms with Crippen molar-refractivity contribution in [3.8, 4) is 0 Å². The molecule has 1 aliphatic rings. The van der Waals surface area contributed by atoms with Crippen molar-refractivity contribution in [1.82, 2.24) is 5.32 Å². The highest BCUT2D eigenvalue weighted by molar-refractivity contribution is 6.33. The number of carbonyl (C=O) groups is 1. The van der Waals surface area contributed by atoms with Crippen molar-refractivity contribution < 1.29 is 14.3 Å². The van der Waals surface area contributed by atoms with Crippen molar-refractivity contribution in [2.75, 3.05) is 5.32 Å². The van der Waals surface area contributed by atoms with Crippen LogP contribution in [-0.4, -0.2) is 17.2 Å². The number of amides is 2. The summed E-state index contributed by atoms with van der Waals surface area (Å²) in [4.78, 5) is 12.1. The highest BCUT2D eigenvalue weighted by atomic mass is 35.5.